The van der Waals surface area contributed by atoms with Crippen LogP contribution < -0.4 is 5.73 Å². The van der Waals surface area contributed by atoms with E-state index in [0.717, 1.165) is 16.8 Å². The largest absolute Gasteiger partial charge is 0.402 e. The van der Waals surface area contributed by atoms with Crippen LogP contribution >= 0.6 is 0 Å². The van der Waals surface area contributed by atoms with E-state index in [4.69, 9.17) is 10.8 Å². The zero-order chi connectivity index (χ0) is 8.97. The Morgan fingerprint density at radius 1 is 1.58 bits per heavy atom. The molecule has 0 aliphatic rings. The van der Waals surface area contributed by atoms with Crippen molar-refractivity contribution < 1.29 is 5.11 Å². The fraction of sp³-hybridized carbons (Fsp3) is 0.200. The van der Waals surface area contributed by atoms with Crippen LogP contribution in [0.25, 0.3) is 6.08 Å². The maximum atomic E-state index is 8.84. The third-order valence-electron chi connectivity index (χ3n) is 1.53. The third-order valence-corrected chi connectivity index (χ3v) is 1.53. The summed E-state index contributed by atoms with van der Waals surface area (Å²) in [5.74, 6) is 0. The topological polar surface area (TPSA) is 46.2 Å². The molecule has 0 fully saturated rings. The quantitative estimate of drug-likeness (QED) is 0.694. The van der Waals surface area contributed by atoms with Crippen LogP contribution in [-0.2, 0) is 6.61 Å². The summed E-state index contributed by atoms with van der Waals surface area (Å²) in [7, 11) is 0. The number of hydrogen-bond donors (Lipinski definition) is 2. The number of hydrogen-bond acceptors (Lipinski definition) is 2. The lowest BCUT2D eigenvalue weighted by atomic mass is 10.1. The van der Waals surface area contributed by atoms with E-state index in [1.165, 1.54) is 0 Å². The highest BCUT2D eigenvalue weighted by atomic mass is 16.3. The van der Waals surface area contributed by atoms with Gasteiger partial charge in [-0.15, -0.1) is 0 Å². The second-order valence-corrected chi connectivity index (χ2v) is 2.79. The Morgan fingerprint density at radius 2 is 2.33 bits per heavy atom. The molecule has 2 nitrogen and oxygen atoms in total. The normalized spacial score (nSPS) is 11.7. The monoisotopic (exact) mass is 163 g/mol. The summed E-state index contributed by atoms with van der Waals surface area (Å²) in [6.07, 6.45) is 1.87. The lowest BCUT2D eigenvalue weighted by Crippen LogP contribution is -1.90. The predicted molar refractivity (Wildman–Crippen MR) is 50.2 cm³/mol. The van der Waals surface area contributed by atoms with Crippen molar-refractivity contribution in [2.75, 3.05) is 0 Å². The van der Waals surface area contributed by atoms with Crippen molar-refractivity contribution in [1.29, 1.82) is 0 Å². The summed E-state index contributed by atoms with van der Waals surface area (Å²) >= 11 is 0. The molecule has 0 aromatic heterocycles. The van der Waals surface area contributed by atoms with Gasteiger partial charge >= 0.3 is 0 Å². The SMILES string of the molecule is CC(N)=Cc1cccc(CO)c1. The van der Waals surface area contributed by atoms with Crippen LogP contribution in [-0.4, -0.2) is 5.11 Å². The van der Waals surface area contributed by atoms with E-state index in [0.29, 0.717) is 0 Å². The maximum Gasteiger partial charge on any atom is 0.0682 e. The minimum Gasteiger partial charge on any atom is -0.402 e. The summed E-state index contributed by atoms with van der Waals surface area (Å²) < 4.78 is 0. The maximum absolute atomic E-state index is 8.84. The van der Waals surface area contributed by atoms with Gasteiger partial charge in [-0.25, -0.2) is 0 Å². The highest BCUT2D eigenvalue weighted by molar-refractivity contribution is 5.52. The van der Waals surface area contributed by atoms with E-state index in [9.17, 15) is 0 Å². The number of nitrogens with two attached hydrogens (primary N) is 1. The number of aliphatic hydroxyl groups is 1. The Morgan fingerprint density at radius 3 is 2.92 bits per heavy atom. The first-order valence-electron chi connectivity index (χ1n) is 3.86. The van der Waals surface area contributed by atoms with Crippen molar-refractivity contribution in [3.63, 3.8) is 0 Å². The van der Waals surface area contributed by atoms with Crippen molar-refractivity contribution in [2.45, 2.75) is 13.5 Å². The van der Waals surface area contributed by atoms with Gasteiger partial charge in [0.05, 0.1) is 6.61 Å². The van der Waals surface area contributed by atoms with Gasteiger partial charge in [-0.1, -0.05) is 18.2 Å². The van der Waals surface area contributed by atoms with Crippen molar-refractivity contribution in [3.8, 4) is 0 Å². The first-order chi connectivity index (χ1) is 5.72. The first kappa shape index (κ1) is 8.81. The number of benzene rings is 1. The zero-order valence-electron chi connectivity index (χ0n) is 7.12. The van der Waals surface area contributed by atoms with E-state index in [1.807, 2.05) is 37.3 Å². The van der Waals surface area contributed by atoms with Crippen LogP contribution in [0.3, 0.4) is 0 Å². The summed E-state index contributed by atoms with van der Waals surface area (Å²) in [5, 5.41) is 8.84. The Bertz CT molecular complexity index is 288. The van der Waals surface area contributed by atoms with Gasteiger partial charge in [-0.05, 0) is 30.2 Å². The lowest BCUT2D eigenvalue weighted by Gasteiger charge is -1.98. The van der Waals surface area contributed by atoms with E-state index < -0.39 is 0 Å². The van der Waals surface area contributed by atoms with Crippen molar-refractivity contribution in [2.24, 2.45) is 5.73 Å². The summed E-state index contributed by atoms with van der Waals surface area (Å²) in [5.41, 5.74) is 8.22. The minimum absolute atomic E-state index is 0.0747. The predicted octanol–water partition coefficient (Wildman–Crippen LogP) is 1.50. The molecule has 1 aromatic rings. The van der Waals surface area contributed by atoms with Gasteiger partial charge in [0.25, 0.3) is 0 Å². The van der Waals surface area contributed by atoms with Crippen LogP contribution in [0.15, 0.2) is 30.0 Å². The van der Waals surface area contributed by atoms with Gasteiger partial charge in [0.2, 0.25) is 0 Å². The van der Waals surface area contributed by atoms with Crippen LogP contribution in [0, 0.1) is 0 Å². The van der Waals surface area contributed by atoms with Crippen LogP contribution in [0.5, 0.6) is 0 Å². The van der Waals surface area contributed by atoms with Gasteiger partial charge in [-0.3, -0.25) is 0 Å². The first-order valence-corrected chi connectivity index (χ1v) is 3.86. The Kier molecular flexibility index (Phi) is 2.88. The molecule has 0 spiro atoms. The van der Waals surface area contributed by atoms with Gasteiger partial charge < -0.3 is 10.8 Å². The van der Waals surface area contributed by atoms with Gasteiger partial charge in [0, 0.05) is 5.70 Å². The second-order valence-electron chi connectivity index (χ2n) is 2.79. The molecule has 0 unspecified atom stereocenters. The number of aliphatic hydroxyl groups excluding tert-OH is 1. The molecule has 2 heteroatoms. The number of rotatable bonds is 2. The average molecular weight is 163 g/mol. The van der Waals surface area contributed by atoms with Crippen LogP contribution in [0.4, 0.5) is 0 Å². The van der Waals surface area contributed by atoms with Crippen LogP contribution in [0.2, 0.25) is 0 Å². The molecule has 64 valence electrons. The molecule has 0 saturated carbocycles. The van der Waals surface area contributed by atoms with E-state index in [1.54, 1.807) is 0 Å². The average Bonchev–Trinajstić information content (AvgIpc) is 2.03. The molecule has 0 saturated heterocycles. The molecule has 0 radical (unpaired) electrons. The highest BCUT2D eigenvalue weighted by Gasteiger charge is 1.91. The van der Waals surface area contributed by atoms with E-state index in [-0.39, 0.29) is 6.61 Å². The molecule has 0 aliphatic carbocycles. The summed E-state index contributed by atoms with van der Waals surface area (Å²) in [6, 6.07) is 7.65. The van der Waals surface area contributed by atoms with Gasteiger partial charge in [0.15, 0.2) is 0 Å². The van der Waals surface area contributed by atoms with E-state index in [2.05, 4.69) is 0 Å². The van der Waals surface area contributed by atoms with Gasteiger partial charge in [0.1, 0.15) is 0 Å². The Hall–Kier alpha value is -1.28. The molecular weight excluding hydrogens is 150 g/mol. The van der Waals surface area contributed by atoms with Crippen LogP contribution in [0.1, 0.15) is 18.1 Å². The second kappa shape index (κ2) is 3.93. The zero-order valence-corrected chi connectivity index (χ0v) is 7.12. The minimum atomic E-state index is 0.0747. The molecular formula is C10H13NO. The van der Waals surface area contributed by atoms with Crippen molar-refractivity contribution in [3.05, 3.63) is 41.1 Å². The molecule has 0 amide bonds. The lowest BCUT2D eigenvalue weighted by molar-refractivity contribution is 0.282. The Balaban J connectivity index is 2.94. The standard InChI is InChI=1S/C10H13NO/c1-8(11)5-9-3-2-4-10(6-9)7-12/h2-6,12H,7,11H2,1H3. The summed E-state index contributed by atoms with van der Waals surface area (Å²) in [6.45, 7) is 1.91. The number of allylic oxidation sites excluding steroid dienone is 1. The molecule has 12 heavy (non-hydrogen) atoms. The van der Waals surface area contributed by atoms with E-state index >= 15 is 0 Å². The summed E-state index contributed by atoms with van der Waals surface area (Å²) in [4.78, 5) is 0. The molecule has 1 rings (SSSR count). The molecule has 0 atom stereocenters. The van der Waals surface area contributed by atoms with Crippen molar-refractivity contribution >= 4 is 6.08 Å². The molecule has 3 N–H and O–H groups in total. The third kappa shape index (κ3) is 2.40. The fourth-order valence-corrected chi connectivity index (χ4v) is 1.04. The molecule has 0 bridgehead atoms. The van der Waals surface area contributed by atoms with Crippen molar-refractivity contribution in [1.82, 2.24) is 0 Å². The highest BCUT2D eigenvalue weighted by Crippen LogP contribution is 2.07. The molecule has 0 heterocycles. The smallest absolute Gasteiger partial charge is 0.0682 e. The Labute approximate surface area is 72.3 Å². The molecule has 1 aromatic carbocycles. The van der Waals surface area contributed by atoms with Gasteiger partial charge in [-0.2, -0.15) is 0 Å². The fourth-order valence-electron chi connectivity index (χ4n) is 1.04. The molecule has 0 aliphatic heterocycles.